The number of anilines is 1. The quantitative estimate of drug-likeness (QED) is 0.358. The van der Waals surface area contributed by atoms with Crippen molar-refractivity contribution in [3.8, 4) is 5.75 Å². The minimum absolute atomic E-state index is 0.0264. The molecule has 0 fully saturated rings. The van der Waals surface area contributed by atoms with Crippen LogP contribution < -0.4 is 10.1 Å². The highest BCUT2D eigenvalue weighted by Gasteiger charge is 2.15. The zero-order valence-corrected chi connectivity index (χ0v) is 15.8. The Hall–Kier alpha value is -3.94. The van der Waals surface area contributed by atoms with Crippen molar-refractivity contribution in [3.05, 3.63) is 87.4 Å². The molecule has 0 spiro atoms. The monoisotopic (exact) mass is 394 g/mol. The van der Waals surface area contributed by atoms with Crippen molar-refractivity contribution >= 4 is 23.1 Å². The van der Waals surface area contributed by atoms with Crippen LogP contribution in [0.2, 0.25) is 0 Å². The van der Waals surface area contributed by atoms with Gasteiger partial charge >= 0.3 is 0 Å². The van der Waals surface area contributed by atoms with Crippen LogP contribution in [0.25, 0.3) is 0 Å². The first-order valence-electron chi connectivity index (χ1n) is 8.72. The van der Waals surface area contributed by atoms with Crippen molar-refractivity contribution in [2.45, 2.75) is 20.5 Å². The normalized spacial score (nSPS) is 10.4. The SMILES string of the molecule is CC(=O)c1ccc(OCc2ccc(C(=O)Nc3ccc([N+](=O)[O-])cc3C)o2)cc1. The number of nitro groups is 1. The second-order valence-corrected chi connectivity index (χ2v) is 6.35. The Morgan fingerprint density at radius 2 is 1.83 bits per heavy atom. The molecule has 2 aromatic carbocycles. The van der Waals surface area contributed by atoms with Crippen molar-refractivity contribution in [3.63, 3.8) is 0 Å². The Balaban J connectivity index is 1.61. The summed E-state index contributed by atoms with van der Waals surface area (Å²) in [6.07, 6.45) is 0. The van der Waals surface area contributed by atoms with E-state index >= 15 is 0 Å². The minimum atomic E-state index is -0.495. The summed E-state index contributed by atoms with van der Waals surface area (Å²) in [4.78, 5) is 33.9. The third kappa shape index (κ3) is 4.86. The highest BCUT2D eigenvalue weighted by molar-refractivity contribution is 6.02. The lowest BCUT2D eigenvalue weighted by Gasteiger charge is -2.07. The molecule has 0 saturated heterocycles. The highest BCUT2D eigenvalue weighted by Crippen LogP contribution is 2.22. The molecule has 1 aromatic heterocycles. The van der Waals surface area contributed by atoms with E-state index in [-0.39, 0.29) is 23.8 Å². The lowest BCUT2D eigenvalue weighted by Crippen LogP contribution is -2.12. The van der Waals surface area contributed by atoms with E-state index in [1.807, 2.05) is 0 Å². The standard InChI is InChI=1S/C21H18N2O6/c1-13-11-16(23(26)27)5-9-19(13)22-21(25)20-10-8-18(29-20)12-28-17-6-3-15(4-7-17)14(2)24/h3-11H,12H2,1-2H3,(H,22,25). The molecule has 0 aliphatic rings. The van der Waals surface area contributed by atoms with Crippen molar-refractivity contribution < 1.29 is 23.7 Å². The lowest BCUT2D eigenvalue weighted by molar-refractivity contribution is -0.384. The number of hydrogen-bond acceptors (Lipinski definition) is 6. The van der Waals surface area contributed by atoms with E-state index in [0.717, 1.165) is 0 Å². The van der Waals surface area contributed by atoms with Gasteiger partial charge in [0.15, 0.2) is 11.5 Å². The first-order valence-corrected chi connectivity index (χ1v) is 8.72. The van der Waals surface area contributed by atoms with Crippen molar-refractivity contribution in [1.82, 2.24) is 0 Å². The molecular formula is C21H18N2O6. The molecule has 0 bridgehead atoms. The number of nitrogens with one attached hydrogen (secondary N) is 1. The topological polar surface area (TPSA) is 112 Å². The van der Waals surface area contributed by atoms with Crippen LogP contribution in [0.15, 0.2) is 59.0 Å². The summed E-state index contributed by atoms with van der Waals surface area (Å²) >= 11 is 0. The van der Waals surface area contributed by atoms with E-state index in [1.165, 1.54) is 31.2 Å². The molecule has 0 atom stereocenters. The summed E-state index contributed by atoms with van der Waals surface area (Å²) in [5.74, 6) is 0.610. The van der Waals surface area contributed by atoms with Crippen LogP contribution in [0.5, 0.6) is 5.75 Å². The molecule has 0 unspecified atom stereocenters. The number of rotatable bonds is 7. The van der Waals surface area contributed by atoms with Gasteiger partial charge in [-0.3, -0.25) is 19.7 Å². The molecule has 1 heterocycles. The third-order valence-electron chi connectivity index (χ3n) is 4.20. The second-order valence-electron chi connectivity index (χ2n) is 6.35. The predicted molar refractivity (Wildman–Crippen MR) is 105 cm³/mol. The number of Topliss-reactive ketones (excluding diaryl/α,β-unsaturated/α-hetero) is 1. The van der Waals surface area contributed by atoms with Gasteiger partial charge in [-0.05, 0) is 61.9 Å². The molecule has 0 saturated carbocycles. The predicted octanol–water partition coefficient (Wildman–Crippen LogP) is 4.53. The Kier molecular flexibility index (Phi) is 5.73. The number of furan rings is 1. The van der Waals surface area contributed by atoms with Gasteiger partial charge in [0.05, 0.1) is 4.92 Å². The van der Waals surface area contributed by atoms with E-state index in [2.05, 4.69) is 5.32 Å². The molecule has 0 radical (unpaired) electrons. The van der Waals surface area contributed by atoms with Crippen LogP contribution in [0.3, 0.4) is 0 Å². The van der Waals surface area contributed by atoms with Gasteiger partial charge in [-0.25, -0.2) is 0 Å². The Labute approximate surface area is 166 Å². The molecular weight excluding hydrogens is 376 g/mol. The van der Waals surface area contributed by atoms with Gasteiger partial charge in [-0.1, -0.05) is 0 Å². The van der Waals surface area contributed by atoms with Crippen LogP contribution in [0.1, 0.15) is 39.2 Å². The van der Waals surface area contributed by atoms with Crippen LogP contribution in [0.4, 0.5) is 11.4 Å². The van der Waals surface area contributed by atoms with Crippen LogP contribution in [-0.4, -0.2) is 16.6 Å². The first kappa shape index (κ1) is 19.8. The van der Waals surface area contributed by atoms with E-state index < -0.39 is 10.8 Å². The van der Waals surface area contributed by atoms with Crippen molar-refractivity contribution in [2.75, 3.05) is 5.32 Å². The van der Waals surface area contributed by atoms with E-state index in [4.69, 9.17) is 9.15 Å². The molecule has 3 rings (SSSR count). The van der Waals surface area contributed by atoms with Crippen LogP contribution in [0, 0.1) is 17.0 Å². The summed E-state index contributed by atoms with van der Waals surface area (Å²) in [5.41, 5.74) is 1.57. The van der Waals surface area contributed by atoms with Gasteiger partial charge in [0, 0.05) is 23.4 Å². The number of carbonyl (C=O) groups is 2. The summed E-state index contributed by atoms with van der Waals surface area (Å²) in [6.45, 7) is 3.27. The number of ether oxygens (including phenoxy) is 1. The molecule has 0 aliphatic carbocycles. The fourth-order valence-corrected chi connectivity index (χ4v) is 2.60. The van der Waals surface area contributed by atoms with E-state index in [1.54, 1.807) is 37.3 Å². The Morgan fingerprint density at radius 1 is 1.10 bits per heavy atom. The molecule has 3 aromatic rings. The number of ketones is 1. The molecule has 148 valence electrons. The largest absolute Gasteiger partial charge is 0.486 e. The van der Waals surface area contributed by atoms with Crippen LogP contribution in [-0.2, 0) is 6.61 Å². The van der Waals surface area contributed by atoms with Gasteiger partial charge < -0.3 is 14.5 Å². The minimum Gasteiger partial charge on any atom is -0.486 e. The number of amides is 1. The summed E-state index contributed by atoms with van der Waals surface area (Å²) in [5, 5.41) is 13.5. The van der Waals surface area contributed by atoms with Gasteiger partial charge in [0.2, 0.25) is 0 Å². The maximum atomic E-state index is 12.4. The Bertz CT molecular complexity index is 1070. The average molecular weight is 394 g/mol. The molecule has 8 nitrogen and oxygen atoms in total. The molecule has 8 heteroatoms. The number of nitro benzene ring substituents is 1. The second kappa shape index (κ2) is 8.39. The number of non-ortho nitro benzene ring substituents is 1. The highest BCUT2D eigenvalue weighted by atomic mass is 16.6. The number of nitrogens with zero attached hydrogens (tertiary/aromatic N) is 1. The van der Waals surface area contributed by atoms with Gasteiger partial charge in [0.25, 0.3) is 11.6 Å². The van der Waals surface area contributed by atoms with Gasteiger partial charge in [0.1, 0.15) is 18.1 Å². The molecule has 29 heavy (non-hydrogen) atoms. The molecule has 0 aliphatic heterocycles. The lowest BCUT2D eigenvalue weighted by atomic mass is 10.1. The summed E-state index contributed by atoms with van der Waals surface area (Å²) < 4.78 is 11.1. The van der Waals surface area contributed by atoms with E-state index in [0.29, 0.717) is 28.3 Å². The summed E-state index contributed by atoms with van der Waals surface area (Å²) in [6, 6.07) is 14.0. The number of hydrogen-bond donors (Lipinski definition) is 1. The van der Waals surface area contributed by atoms with Crippen molar-refractivity contribution in [2.24, 2.45) is 0 Å². The van der Waals surface area contributed by atoms with Crippen LogP contribution >= 0.6 is 0 Å². The Morgan fingerprint density at radius 3 is 2.45 bits per heavy atom. The zero-order chi connectivity index (χ0) is 21.0. The fraction of sp³-hybridized carbons (Fsp3) is 0.143. The third-order valence-corrected chi connectivity index (χ3v) is 4.20. The first-order chi connectivity index (χ1) is 13.8. The number of aryl methyl sites for hydroxylation is 1. The van der Waals surface area contributed by atoms with Gasteiger partial charge in [-0.15, -0.1) is 0 Å². The number of carbonyl (C=O) groups excluding carboxylic acids is 2. The summed E-state index contributed by atoms with van der Waals surface area (Å²) in [7, 11) is 0. The number of benzene rings is 2. The van der Waals surface area contributed by atoms with Gasteiger partial charge in [-0.2, -0.15) is 0 Å². The maximum absolute atomic E-state index is 12.4. The van der Waals surface area contributed by atoms with Crippen molar-refractivity contribution in [1.29, 1.82) is 0 Å². The molecule has 1 amide bonds. The smallest absolute Gasteiger partial charge is 0.291 e. The van der Waals surface area contributed by atoms with E-state index in [9.17, 15) is 19.7 Å². The fourth-order valence-electron chi connectivity index (χ4n) is 2.60. The maximum Gasteiger partial charge on any atom is 0.291 e. The zero-order valence-electron chi connectivity index (χ0n) is 15.8. The average Bonchev–Trinajstić information content (AvgIpc) is 3.17. The molecule has 1 N–H and O–H groups in total.